The average molecular weight is 297 g/mol. The fourth-order valence-corrected chi connectivity index (χ4v) is 3.36. The minimum atomic E-state index is 0.528. The fraction of sp³-hybridized carbons (Fsp3) is 1.00. The summed E-state index contributed by atoms with van der Waals surface area (Å²) in [5.74, 6) is 0. The minimum Gasteiger partial charge on any atom is -0.313 e. The summed E-state index contributed by atoms with van der Waals surface area (Å²) in [5.41, 5.74) is 0.528. The molecule has 1 fully saturated rings. The number of hydrogen-bond donors (Lipinski definition) is 1. The highest BCUT2D eigenvalue weighted by Gasteiger charge is 2.29. The largest absolute Gasteiger partial charge is 0.313 e. The first-order valence-electron chi connectivity index (χ1n) is 9.51. The second-order valence-corrected chi connectivity index (χ2v) is 7.68. The van der Waals surface area contributed by atoms with E-state index in [9.17, 15) is 0 Å². The van der Waals surface area contributed by atoms with Gasteiger partial charge in [0.2, 0.25) is 0 Å². The van der Waals surface area contributed by atoms with E-state index in [-0.39, 0.29) is 0 Å². The summed E-state index contributed by atoms with van der Waals surface area (Å²) in [6.07, 6.45) is 13.8. The third kappa shape index (κ3) is 8.21. The molecule has 0 aromatic heterocycles. The lowest BCUT2D eigenvalue weighted by atomic mass is 9.80. The zero-order valence-electron chi connectivity index (χ0n) is 15.2. The number of likely N-dealkylation sites (tertiary alicyclic amines) is 1. The maximum absolute atomic E-state index is 3.94. The topological polar surface area (TPSA) is 15.3 Å². The smallest absolute Gasteiger partial charge is 0.00672 e. The van der Waals surface area contributed by atoms with E-state index < -0.39 is 0 Å². The second-order valence-electron chi connectivity index (χ2n) is 7.68. The van der Waals surface area contributed by atoms with Gasteiger partial charge in [0, 0.05) is 12.6 Å². The van der Waals surface area contributed by atoms with Crippen LogP contribution in [0.2, 0.25) is 0 Å². The maximum Gasteiger partial charge on any atom is 0.00672 e. The predicted molar refractivity (Wildman–Crippen MR) is 94.9 cm³/mol. The molecular weight excluding hydrogens is 256 g/mol. The SMILES string of the molecule is CCCCCC(CCCCC)NCC1(C)CCN(C)CC1. The lowest BCUT2D eigenvalue weighted by Gasteiger charge is -2.39. The Kier molecular flexibility index (Phi) is 9.59. The van der Waals surface area contributed by atoms with Crippen LogP contribution in [0, 0.1) is 5.41 Å². The van der Waals surface area contributed by atoms with E-state index in [1.165, 1.54) is 83.8 Å². The van der Waals surface area contributed by atoms with E-state index in [0.29, 0.717) is 5.41 Å². The monoisotopic (exact) mass is 296 g/mol. The molecular formula is C19H40N2. The lowest BCUT2D eigenvalue weighted by molar-refractivity contribution is 0.132. The molecule has 0 atom stereocenters. The minimum absolute atomic E-state index is 0.528. The van der Waals surface area contributed by atoms with Gasteiger partial charge in [0.1, 0.15) is 0 Å². The van der Waals surface area contributed by atoms with E-state index in [1.807, 2.05) is 0 Å². The summed E-state index contributed by atoms with van der Waals surface area (Å²) in [7, 11) is 2.26. The molecule has 0 saturated carbocycles. The van der Waals surface area contributed by atoms with Crippen LogP contribution in [-0.4, -0.2) is 37.6 Å². The molecule has 0 amide bonds. The Labute approximate surface area is 134 Å². The van der Waals surface area contributed by atoms with Crippen LogP contribution in [0.3, 0.4) is 0 Å². The maximum atomic E-state index is 3.94. The normalized spacial score (nSPS) is 19.3. The van der Waals surface area contributed by atoms with E-state index in [4.69, 9.17) is 0 Å². The van der Waals surface area contributed by atoms with Gasteiger partial charge < -0.3 is 10.2 Å². The Morgan fingerprint density at radius 3 is 1.95 bits per heavy atom. The first-order chi connectivity index (χ1) is 10.1. The Balaban J connectivity index is 2.32. The number of nitrogens with zero attached hydrogens (tertiary/aromatic N) is 1. The number of piperidine rings is 1. The third-order valence-electron chi connectivity index (χ3n) is 5.32. The Morgan fingerprint density at radius 1 is 0.952 bits per heavy atom. The van der Waals surface area contributed by atoms with Crippen LogP contribution < -0.4 is 5.32 Å². The second kappa shape index (κ2) is 10.6. The average Bonchev–Trinajstić information content (AvgIpc) is 2.48. The quantitative estimate of drug-likeness (QED) is 0.549. The molecule has 2 heteroatoms. The number of unbranched alkanes of at least 4 members (excludes halogenated alkanes) is 4. The summed E-state index contributed by atoms with van der Waals surface area (Å²) in [5, 5.41) is 3.94. The van der Waals surface area contributed by atoms with Gasteiger partial charge in [-0.05, 0) is 51.2 Å². The van der Waals surface area contributed by atoms with Crippen molar-refractivity contribution < 1.29 is 0 Å². The van der Waals surface area contributed by atoms with Crippen LogP contribution in [0.15, 0.2) is 0 Å². The molecule has 0 spiro atoms. The Morgan fingerprint density at radius 2 is 1.48 bits per heavy atom. The molecule has 1 aliphatic rings. The molecule has 1 aliphatic heterocycles. The molecule has 0 aromatic rings. The zero-order chi connectivity index (χ0) is 15.6. The molecule has 1 N–H and O–H groups in total. The molecule has 1 rings (SSSR count). The van der Waals surface area contributed by atoms with Crippen molar-refractivity contribution in [2.45, 2.75) is 91.0 Å². The van der Waals surface area contributed by atoms with Gasteiger partial charge in [-0.2, -0.15) is 0 Å². The first kappa shape index (κ1) is 19.0. The van der Waals surface area contributed by atoms with Crippen molar-refractivity contribution in [3.8, 4) is 0 Å². The number of nitrogens with one attached hydrogen (secondary N) is 1. The van der Waals surface area contributed by atoms with Crippen LogP contribution in [0.1, 0.15) is 85.0 Å². The Bertz CT molecular complexity index is 234. The van der Waals surface area contributed by atoms with Crippen LogP contribution >= 0.6 is 0 Å². The zero-order valence-corrected chi connectivity index (χ0v) is 15.2. The molecule has 1 heterocycles. The highest BCUT2D eigenvalue weighted by molar-refractivity contribution is 4.84. The van der Waals surface area contributed by atoms with Crippen molar-refractivity contribution >= 4 is 0 Å². The van der Waals surface area contributed by atoms with Crippen LogP contribution in [0.25, 0.3) is 0 Å². The highest BCUT2D eigenvalue weighted by Crippen LogP contribution is 2.29. The van der Waals surface area contributed by atoms with E-state index in [1.54, 1.807) is 0 Å². The molecule has 1 saturated heterocycles. The highest BCUT2D eigenvalue weighted by atomic mass is 15.1. The van der Waals surface area contributed by atoms with Crippen molar-refractivity contribution in [1.29, 1.82) is 0 Å². The van der Waals surface area contributed by atoms with Crippen molar-refractivity contribution in [3.63, 3.8) is 0 Å². The Hall–Kier alpha value is -0.0800. The van der Waals surface area contributed by atoms with Crippen molar-refractivity contribution in [3.05, 3.63) is 0 Å². The molecule has 0 bridgehead atoms. The van der Waals surface area contributed by atoms with Crippen LogP contribution in [-0.2, 0) is 0 Å². The van der Waals surface area contributed by atoms with Gasteiger partial charge in [-0.15, -0.1) is 0 Å². The van der Waals surface area contributed by atoms with Gasteiger partial charge in [0.05, 0.1) is 0 Å². The van der Waals surface area contributed by atoms with E-state index >= 15 is 0 Å². The summed E-state index contributed by atoms with van der Waals surface area (Å²) >= 11 is 0. The molecule has 21 heavy (non-hydrogen) atoms. The summed E-state index contributed by atoms with van der Waals surface area (Å²) in [4.78, 5) is 2.47. The number of rotatable bonds is 11. The summed E-state index contributed by atoms with van der Waals surface area (Å²) in [6, 6.07) is 0.764. The van der Waals surface area contributed by atoms with Crippen molar-refractivity contribution in [2.75, 3.05) is 26.7 Å². The van der Waals surface area contributed by atoms with E-state index in [2.05, 4.69) is 38.0 Å². The molecule has 126 valence electrons. The standard InChI is InChI=1S/C19H40N2/c1-5-7-9-11-18(12-10-8-6-2)20-17-19(3)13-15-21(4)16-14-19/h18,20H,5-17H2,1-4H3. The van der Waals surface area contributed by atoms with Gasteiger partial charge in [-0.1, -0.05) is 59.3 Å². The molecule has 2 nitrogen and oxygen atoms in total. The molecule has 0 unspecified atom stereocenters. The lowest BCUT2D eigenvalue weighted by Crippen LogP contribution is -2.44. The molecule has 0 aromatic carbocycles. The predicted octanol–water partition coefficient (Wildman–Crippen LogP) is 4.84. The molecule has 0 aliphatic carbocycles. The first-order valence-corrected chi connectivity index (χ1v) is 9.51. The fourth-order valence-electron chi connectivity index (χ4n) is 3.36. The van der Waals surface area contributed by atoms with Gasteiger partial charge >= 0.3 is 0 Å². The van der Waals surface area contributed by atoms with E-state index in [0.717, 1.165) is 6.04 Å². The van der Waals surface area contributed by atoms with Crippen molar-refractivity contribution in [1.82, 2.24) is 10.2 Å². The van der Waals surface area contributed by atoms with Gasteiger partial charge in [-0.25, -0.2) is 0 Å². The molecule has 0 radical (unpaired) electrons. The number of hydrogen-bond acceptors (Lipinski definition) is 2. The summed E-state index contributed by atoms with van der Waals surface area (Å²) in [6.45, 7) is 10.9. The van der Waals surface area contributed by atoms with Gasteiger partial charge in [-0.3, -0.25) is 0 Å². The van der Waals surface area contributed by atoms with Gasteiger partial charge in [0.15, 0.2) is 0 Å². The van der Waals surface area contributed by atoms with Crippen LogP contribution in [0.5, 0.6) is 0 Å². The summed E-state index contributed by atoms with van der Waals surface area (Å²) < 4.78 is 0. The van der Waals surface area contributed by atoms with Gasteiger partial charge in [0.25, 0.3) is 0 Å². The third-order valence-corrected chi connectivity index (χ3v) is 5.32. The van der Waals surface area contributed by atoms with Crippen molar-refractivity contribution in [2.24, 2.45) is 5.41 Å². The van der Waals surface area contributed by atoms with Crippen LogP contribution in [0.4, 0.5) is 0 Å².